The predicted molar refractivity (Wildman–Crippen MR) is 192 cm³/mol. The third-order valence-electron chi connectivity index (χ3n) is 8.41. The normalized spacial score (nSPS) is 16.5. The molecule has 46 heavy (non-hydrogen) atoms. The van der Waals surface area contributed by atoms with Crippen molar-refractivity contribution in [1.29, 1.82) is 0 Å². The smallest absolute Gasteiger partial charge is 0.178 e. The van der Waals surface area contributed by atoms with E-state index in [1.54, 1.807) is 18.2 Å². The van der Waals surface area contributed by atoms with Crippen LogP contribution in [0.25, 0.3) is 98.8 Å². The molecular weight excluding hydrogens is 560 g/mol. The fourth-order valence-corrected chi connectivity index (χ4v) is 6.48. The van der Waals surface area contributed by atoms with Crippen molar-refractivity contribution in [3.63, 3.8) is 0 Å². The molecule has 10 aromatic rings. The van der Waals surface area contributed by atoms with Crippen LogP contribution in [0.5, 0.6) is 0 Å². The average molecular weight is 602 g/mol. The van der Waals surface area contributed by atoms with Crippen LogP contribution in [-0.4, -0.2) is 0 Å². The van der Waals surface area contributed by atoms with Crippen molar-refractivity contribution in [2.24, 2.45) is 0 Å². The van der Waals surface area contributed by atoms with Gasteiger partial charge in [-0.3, -0.25) is 0 Å². The fraction of sp³-hybridized carbons (Fsp3) is 0. The van der Waals surface area contributed by atoms with Crippen LogP contribution in [0.2, 0.25) is 0 Å². The molecule has 2 nitrogen and oxygen atoms in total. The second-order valence-electron chi connectivity index (χ2n) is 10.9. The number of hydrogen-bond donors (Lipinski definition) is 0. The van der Waals surface area contributed by atoms with Crippen molar-refractivity contribution >= 4 is 65.2 Å². The van der Waals surface area contributed by atoms with Crippen LogP contribution >= 0.6 is 0 Å². The maximum atomic E-state index is 9.47. The SMILES string of the molecule is [2H]c1c([2H])c([2H])c2c(-c3c4c([2H])c([2H])c([2H])c([2H])c4c(-c4cccc5oc6c(ccc7cc(-c8ccccc8)oc76)c45)c4c([2H])c([2H])c([2H])c([2H])c34)c([2H])c([2H])c([2H])c2c1[2H]. The summed E-state index contributed by atoms with van der Waals surface area (Å²) in [5, 5.41) is -0.275. The molecule has 214 valence electrons. The van der Waals surface area contributed by atoms with Crippen molar-refractivity contribution in [2.75, 3.05) is 0 Å². The molecule has 0 aliphatic heterocycles. The Kier molecular flexibility index (Phi) is 3.11. The summed E-state index contributed by atoms with van der Waals surface area (Å²) in [7, 11) is 0. The summed E-state index contributed by atoms with van der Waals surface area (Å²) in [5.74, 6) is 0.587. The van der Waals surface area contributed by atoms with E-state index in [9.17, 15) is 6.85 Å². The zero-order chi connectivity index (χ0) is 43.2. The van der Waals surface area contributed by atoms with E-state index < -0.39 is 107 Å². The first-order chi connectivity index (χ1) is 29.1. The van der Waals surface area contributed by atoms with Crippen molar-refractivity contribution in [2.45, 2.75) is 0 Å². The summed E-state index contributed by atoms with van der Waals surface area (Å²) in [5.41, 5.74) is 1.35. The summed E-state index contributed by atoms with van der Waals surface area (Å²) in [6.45, 7) is 0. The van der Waals surface area contributed by atoms with E-state index in [2.05, 4.69) is 0 Å². The Bertz CT molecular complexity index is 3560. The molecule has 0 saturated carbocycles. The Morgan fingerprint density at radius 1 is 0.435 bits per heavy atom. The topological polar surface area (TPSA) is 26.3 Å². The van der Waals surface area contributed by atoms with Crippen LogP contribution in [0, 0.1) is 0 Å². The molecule has 0 radical (unpaired) electrons. The summed E-state index contributed by atoms with van der Waals surface area (Å²) in [6.07, 6.45) is 0. The van der Waals surface area contributed by atoms with Gasteiger partial charge in [0.25, 0.3) is 0 Å². The maximum Gasteiger partial charge on any atom is 0.178 e. The highest BCUT2D eigenvalue weighted by atomic mass is 16.4. The number of fused-ring (bicyclic) bond motifs is 8. The minimum atomic E-state index is -0.770. The lowest BCUT2D eigenvalue weighted by atomic mass is 9.84. The minimum Gasteiger partial charge on any atom is -0.452 e. The molecule has 0 bridgehead atoms. The molecule has 0 aliphatic carbocycles. The molecule has 2 heterocycles. The van der Waals surface area contributed by atoms with Gasteiger partial charge in [0.05, 0.1) is 20.6 Å². The third kappa shape index (κ3) is 3.59. The number of benzene rings is 8. The van der Waals surface area contributed by atoms with Gasteiger partial charge in [0.15, 0.2) is 11.2 Å². The molecule has 0 aliphatic rings. The van der Waals surface area contributed by atoms with Crippen LogP contribution < -0.4 is 0 Å². The van der Waals surface area contributed by atoms with Crippen LogP contribution in [-0.2, 0) is 0 Å². The van der Waals surface area contributed by atoms with Gasteiger partial charge in [-0.25, -0.2) is 0 Å². The lowest BCUT2D eigenvalue weighted by Gasteiger charge is -2.19. The minimum absolute atomic E-state index is 0.0217. The molecular formula is C44H26O2. The first-order valence-electron chi connectivity index (χ1n) is 22.0. The Hall–Kier alpha value is -6.12. The van der Waals surface area contributed by atoms with E-state index in [1.807, 2.05) is 48.5 Å². The van der Waals surface area contributed by atoms with Crippen LogP contribution in [0.3, 0.4) is 0 Å². The highest BCUT2D eigenvalue weighted by Gasteiger charge is 2.22. The van der Waals surface area contributed by atoms with Crippen LogP contribution in [0.1, 0.15) is 20.6 Å². The van der Waals surface area contributed by atoms with Gasteiger partial charge in [-0.05, 0) is 72.8 Å². The first-order valence-corrected chi connectivity index (χ1v) is 14.5. The molecule has 2 heteroatoms. The van der Waals surface area contributed by atoms with E-state index in [0.29, 0.717) is 33.3 Å². The zero-order valence-electron chi connectivity index (χ0n) is 38.7. The Labute approximate surface area is 285 Å². The van der Waals surface area contributed by atoms with Gasteiger partial charge in [0.1, 0.15) is 11.3 Å². The van der Waals surface area contributed by atoms with E-state index >= 15 is 0 Å². The first kappa shape index (κ1) is 14.8. The molecule has 8 aromatic carbocycles. The largest absolute Gasteiger partial charge is 0.452 e. The Balaban J connectivity index is 1.47. The molecule has 0 N–H and O–H groups in total. The highest BCUT2D eigenvalue weighted by Crippen LogP contribution is 2.48. The molecule has 2 aromatic heterocycles. The Morgan fingerprint density at radius 3 is 1.83 bits per heavy atom. The lowest BCUT2D eigenvalue weighted by Crippen LogP contribution is -1.92. The molecule has 0 saturated heterocycles. The second-order valence-corrected chi connectivity index (χ2v) is 10.9. The molecule has 0 unspecified atom stereocenters. The molecule has 0 amide bonds. The second kappa shape index (κ2) is 9.69. The van der Waals surface area contributed by atoms with Gasteiger partial charge in [0, 0.05) is 21.7 Å². The van der Waals surface area contributed by atoms with Crippen LogP contribution in [0.15, 0.2) is 166 Å². The molecule has 0 fully saturated rings. The number of rotatable bonds is 3. The van der Waals surface area contributed by atoms with Gasteiger partial charge in [-0.15, -0.1) is 0 Å². The lowest BCUT2D eigenvalue weighted by molar-refractivity contribution is 0.611. The quantitative estimate of drug-likeness (QED) is 0.188. The molecule has 0 atom stereocenters. The van der Waals surface area contributed by atoms with Crippen molar-refractivity contribution in [3.05, 3.63) is 157 Å². The Morgan fingerprint density at radius 2 is 1.09 bits per heavy atom. The van der Waals surface area contributed by atoms with Crippen molar-refractivity contribution in [1.82, 2.24) is 0 Å². The fourth-order valence-electron chi connectivity index (χ4n) is 6.48. The summed E-state index contributed by atoms with van der Waals surface area (Å²) >= 11 is 0. The van der Waals surface area contributed by atoms with Gasteiger partial charge < -0.3 is 8.83 Å². The predicted octanol–water partition coefficient (Wildman–Crippen LogP) is 12.8. The van der Waals surface area contributed by atoms with Gasteiger partial charge in [-0.2, -0.15) is 0 Å². The van der Waals surface area contributed by atoms with Crippen molar-refractivity contribution in [3.8, 4) is 33.6 Å². The van der Waals surface area contributed by atoms with E-state index in [0.717, 1.165) is 10.9 Å². The third-order valence-corrected chi connectivity index (χ3v) is 8.41. The summed E-state index contributed by atoms with van der Waals surface area (Å²) in [4.78, 5) is 0. The number of hydrogen-bond acceptors (Lipinski definition) is 2. The van der Waals surface area contributed by atoms with E-state index in [-0.39, 0.29) is 38.2 Å². The van der Waals surface area contributed by atoms with Crippen LogP contribution in [0.4, 0.5) is 0 Å². The van der Waals surface area contributed by atoms with E-state index in [4.69, 9.17) is 22.5 Å². The zero-order valence-corrected chi connectivity index (χ0v) is 23.7. The van der Waals surface area contributed by atoms with E-state index in [1.165, 1.54) is 0 Å². The van der Waals surface area contributed by atoms with Gasteiger partial charge in [0.2, 0.25) is 0 Å². The standard InChI is InChI=1S/C44H26O2/c1-2-13-28(14-3-1)39-26-29-24-25-37-42-36(22-11-23-38(42)45-44(37)43(29)46-39)41-34-19-8-6-17-32(34)40(33-18-7-9-20-35(33)41)31-21-10-15-27-12-4-5-16-30(27)31/h1-26H/i4D,5D,6D,7D,8D,9D,10D,12D,15D,16D,17D,18D,19D,20D,21D. The maximum absolute atomic E-state index is 9.47. The highest BCUT2D eigenvalue weighted by molar-refractivity contribution is 6.27. The van der Waals surface area contributed by atoms with Crippen molar-refractivity contribution < 1.29 is 29.4 Å². The monoisotopic (exact) mass is 601 g/mol. The molecule has 0 spiro atoms. The average Bonchev–Trinajstić information content (AvgIpc) is 3.88. The van der Waals surface area contributed by atoms with Gasteiger partial charge >= 0.3 is 0 Å². The summed E-state index contributed by atoms with van der Waals surface area (Å²) < 4.78 is 148. The number of furan rings is 2. The summed E-state index contributed by atoms with van der Waals surface area (Å²) in [6, 6.07) is 9.53. The van der Waals surface area contributed by atoms with Gasteiger partial charge in [-0.1, -0.05) is 139 Å². The molecule has 10 rings (SSSR count).